The molecule has 0 unspecified atom stereocenters. The Kier molecular flexibility index (Phi) is 9.45. The second kappa shape index (κ2) is 13.6. The summed E-state index contributed by atoms with van der Waals surface area (Å²) in [6.07, 6.45) is -3.90. The summed E-state index contributed by atoms with van der Waals surface area (Å²) in [7, 11) is 0. The minimum atomic E-state index is -4.81. The summed E-state index contributed by atoms with van der Waals surface area (Å²) in [5.41, 5.74) is 2.96. The molecule has 0 aromatic heterocycles. The number of piperidine rings is 1. The number of nitrogens with zero attached hydrogens (tertiary/aromatic N) is 1. The number of carboxylic acid groups (broad SMARTS) is 1. The fraction of sp³-hybridized carbons (Fsp3) is 0.206. The van der Waals surface area contributed by atoms with Crippen LogP contribution in [0.5, 0.6) is 11.5 Å². The maximum atomic E-state index is 13.4. The fourth-order valence-electron chi connectivity index (χ4n) is 5.25. The molecule has 238 valence electrons. The van der Waals surface area contributed by atoms with Crippen molar-refractivity contribution >= 4 is 29.3 Å². The molecule has 0 aliphatic carbocycles. The van der Waals surface area contributed by atoms with Gasteiger partial charge in [-0.2, -0.15) is 0 Å². The molecule has 3 amide bonds. The number of urea groups is 1. The fourth-order valence-corrected chi connectivity index (χ4v) is 5.25. The van der Waals surface area contributed by atoms with E-state index >= 15 is 0 Å². The van der Waals surface area contributed by atoms with Crippen LogP contribution >= 0.6 is 0 Å². The van der Waals surface area contributed by atoms with Crippen LogP contribution in [0.25, 0.3) is 11.1 Å². The summed E-state index contributed by atoms with van der Waals surface area (Å²) in [4.78, 5) is 39.2. The number of para-hydroxylation sites is 1. The average molecular weight is 634 g/mol. The van der Waals surface area contributed by atoms with Gasteiger partial charge in [-0.05, 0) is 66.1 Å². The van der Waals surface area contributed by atoms with Gasteiger partial charge in [0.05, 0.1) is 11.3 Å². The number of anilines is 2. The van der Waals surface area contributed by atoms with Crippen LogP contribution < -0.4 is 20.1 Å². The highest BCUT2D eigenvalue weighted by molar-refractivity contribution is 6.09. The van der Waals surface area contributed by atoms with Crippen molar-refractivity contribution in [2.24, 2.45) is 0 Å². The first-order chi connectivity index (χ1) is 22.0. The van der Waals surface area contributed by atoms with Gasteiger partial charge in [0.15, 0.2) is 0 Å². The lowest BCUT2D eigenvalue weighted by Crippen LogP contribution is -2.43. The highest BCUT2D eigenvalue weighted by atomic mass is 19.4. The van der Waals surface area contributed by atoms with E-state index in [4.69, 9.17) is 4.74 Å². The first kappa shape index (κ1) is 31.9. The molecule has 0 atom stereocenters. The minimum Gasteiger partial charge on any atom is -0.490 e. The number of carbonyl (C=O) groups excluding carboxylic acids is 2. The van der Waals surface area contributed by atoms with Gasteiger partial charge in [-0.15, -0.1) is 13.2 Å². The van der Waals surface area contributed by atoms with Crippen molar-refractivity contribution in [1.29, 1.82) is 0 Å². The van der Waals surface area contributed by atoms with E-state index in [2.05, 4.69) is 15.4 Å². The number of likely N-dealkylation sites (tertiary alicyclic amines) is 1. The molecule has 9 nitrogen and oxygen atoms in total. The molecule has 12 heteroatoms. The van der Waals surface area contributed by atoms with E-state index in [0.29, 0.717) is 54.1 Å². The van der Waals surface area contributed by atoms with Crippen molar-refractivity contribution in [3.8, 4) is 22.6 Å². The maximum absolute atomic E-state index is 13.4. The van der Waals surface area contributed by atoms with Gasteiger partial charge in [0.1, 0.15) is 17.6 Å². The average Bonchev–Trinajstić information content (AvgIpc) is 3.01. The van der Waals surface area contributed by atoms with E-state index in [1.54, 1.807) is 53.4 Å². The van der Waals surface area contributed by atoms with Gasteiger partial charge < -0.3 is 30.1 Å². The molecule has 0 bridgehead atoms. The summed E-state index contributed by atoms with van der Waals surface area (Å²) in [5, 5.41) is 14.9. The van der Waals surface area contributed by atoms with Crippen molar-refractivity contribution in [1.82, 2.24) is 4.90 Å². The van der Waals surface area contributed by atoms with E-state index < -0.39 is 24.3 Å². The third-order valence-electron chi connectivity index (χ3n) is 7.42. The Labute approximate surface area is 262 Å². The second-order valence-electron chi connectivity index (χ2n) is 10.6. The SMILES string of the molecule is Cc1cccc(C(=O)Nc2cccc(OC3CCN(C(=O)Nc4ccccc4C(=O)O)CC3)c2)c1-c1ccc(OC(F)(F)F)cc1. The van der Waals surface area contributed by atoms with Crippen LogP contribution in [0.2, 0.25) is 0 Å². The lowest BCUT2D eigenvalue weighted by molar-refractivity contribution is -0.274. The highest BCUT2D eigenvalue weighted by Gasteiger charge is 2.31. The molecule has 0 saturated carbocycles. The van der Waals surface area contributed by atoms with E-state index in [-0.39, 0.29) is 23.1 Å². The topological polar surface area (TPSA) is 117 Å². The molecule has 1 aliphatic rings. The monoisotopic (exact) mass is 633 g/mol. The Bertz CT molecular complexity index is 1740. The zero-order valence-corrected chi connectivity index (χ0v) is 24.6. The Morgan fingerprint density at radius 2 is 1.50 bits per heavy atom. The molecule has 3 N–H and O–H groups in total. The van der Waals surface area contributed by atoms with Crippen molar-refractivity contribution in [3.63, 3.8) is 0 Å². The molecule has 0 radical (unpaired) electrons. The van der Waals surface area contributed by atoms with Crippen LogP contribution in [0, 0.1) is 6.92 Å². The van der Waals surface area contributed by atoms with E-state index in [1.807, 2.05) is 13.0 Å². The predicted octanol–water partition coefficient (Wildman–Crippen LogP) is 7.59. The van der Waals surface area contributed by atoms with E-state index in [0.717, 1.165) is 5.56 Å². The van der Waals surface area contributed by atoms with Crippen LogP contribution in [-0.2, 0) is 0 Å². The van der Waals surface area contributed by atoms with Crippen molar-refractivity contribution in [3.05, 3.63) is 108 Å². The minimum absolute atomic E-state index is 0.00767. The lowest BCUT2D eigenvalue weighted by atomic mass is 9.94. The Morgan fingerprint density at radius 1 is 0.826 bits per heavy atom. The number of benzene rings is 4. The highest BCUT2D eigenvalue weighted by Crippen LogP contribution is 2.32. The molecular formula is C34H30F3N3O6. The number of ether oxygens (including phenoxy) is 2. The largest absolute Gasteiger partial charge is 0.573 e. The van der Waals surface area contributed by atoms with Gasteiger partial charge in [0.2, 0.25) is 0 Å². The molecule has 0 spiro atoms. The number of halogens is 3. The van der Waals surface area contributed by atoms with Gasteiger partial charge in [0, 0.05) is 43.2 Å². The number of amides is 3. The van der Waals surface area contributed by atoms with Crippen molar-refractivity contribution in [2.45, 2.75) is 32.2 Å². The zero-order valence-electron chi connectivity index (χ0n) is 24.6. The summed E-state index contributed by atoms with van der Waals surface area (Å²) in [6, 6.07) is 23.2. The summed E-state index contributed by atoms with van der Waals surface area (Å²) < 4.78 is 47.9. The quantitative estimate of drug-likeness (QED) is 0.184. The Hall–Kier alpha value is -5.52. The number of alkyl halides is 3. The molecule has 5 rings (SSSR count). The summed E-state index contributed by atoms with van der Waals surface area (Å²) in [5.74, 6) is -1.37. The summed E-state index contributed by atoms with van der Waals surface area (Å²) >= 11 is 0. The third-order valence-corrected chi connectivity index (χ3v) is 7.42. The normalized spacial score (nSPS) is 13.5. The molecular weight excluding hydrogens is 603 g/mol. The van der Waals surface area contributed by atoms with Gasteiger partial charge >= 0.3 is 18.4 Å². The van der Waals surface area contributed by atoms with Crippen LogP contribution in [0.4, 0.5) is 29.3 Å². The first-order valence-corrected chi connectivity index (χ1v) is 14.4. The third kappa shape index (κ3) is 7.95. The molecule has 4 aromatic carbocycles. The zero-order chi connectivity index (χ0) is 32.8. The van der Waals surface area contributed by atoms with E-state index in [1.165, 1.54) is 36.4 Å². The molecule has 46 heavy (non-hydrogen) atoms. The number of carboxylic acids is 1. The van der Waals surface area contributed by atoms with Crippen LogP contribution in [0.3, 0.4) is 0 Å². The van der Waals surface area contributed by atoms with Gasteiger partial charge in [0.25, 0.3) is 5.91 Å². The van der Waals surface area contributed by atoms with Crippen molar-refractivity contribution < 1.29 is 42.1 Å². The second-order valence-corrected chi connectivity index (χ2v) is 10.6. The predicted molar refractivity (Wildman–Crippen MR) is 165 cm³/mol. The number of nitrogens with one attached hydrogen (secondary N) is 2. The Morgan fingerprint density at radius 3 is 2.20 bits per heavy atom. The first-order valence-electron chi connectivity index (χ1n) is 14.4. The number of hydrogen-bond acceptors (Lipinski definition) is 5. The number of hydrogen-bond donors (Lipinski definition) is 3. The van der Waals surface area contributed by atoms with Crippen molar-refractivity contribution in [2.75, 3.05) is 23.7 Å². The number of aryl methyl sites for hydroxylation is 1. The molecule has 1 saturated heterocycles. The van der Waals surface area contributed by atoms with Gasteiger partial charge in [-0.1, -0.05) is 42.5 Å². The van der Waals surface area contributed by atoms with Crippen LogP contribution in [0.15, 0.2) is 91.0 Å². The standard InChI is InChI=1S/C34H30F3N3O6/c1-21-6-4-10-28(30(21)22-12-14-25(15-13-22)46-34(35,36)37)31(41)38-23-7-5-8-26(20-23)45-24-16-18-40(19-17-24)33(44)39-29-11-3-2-9-27(29)32(42)43/h2-15,20,24H,16-19H2,1H3,(H,38,41)(H,39,44)(H,42,43). The maximum Gasteiger partial charge on any atom is 0.573 e. The number of aromatic carboxylic acids is 1. The van der Waals surface area contributed by atoms with Gasteiger partial charge in [-0.25, -0.2) is 9.59 Å². The summed E-state index contributed by atoms with van der Waals surface area (Å²) in [6.45, 7) is 2.62. The molecule has 4 aromatic rings. The van der Waals surface area contributed by atoms with Crippen LogP contribution in [0.1, 0.15) is 39.1 Å². The van der Waals surface area contributed by atoms with E-state index in [9.17, 15) is 32.7 Å². The molecule has 1 heterocycles. The Balaban J connectivity index is 1.20. The molecule has 1 fully saturated rings. The molecule has 1 aliphatic heterocycles. The lowest BCUT2D eigenvalue weighted by Gasteiger charge is -2.32. The number of carbonyl (C=O) groups is 3. The smallest absolute Gasteiger partial charge is 0.490 e. The van der Waals surface area contributed by atoms with Crippen LogP contribution in [-0.4, -0.2) is 53.5 Å². The number of rotatable bonds is 8. The van der Waals surface area contributed by atoms with Gasteiger partial charge in [-0.3, -0.25) is 4.79 Å².